The third-order valence-corrected chi connectivity index (χ3v) is 6.84. The monoisotopic (exact) mass is 513 g/mol. The summed E-state index contributed by atoms with van der Waals surface area (Å²) in [5, 5.41) is 2.78. The molecule has 38 heavy (non-hydrogen) atoms. The van der Waals surface area contributed by atoms with Gasteiger partial charge in [0, 0.05) is 23.1 Å². The zero-order chi connectivity index (χ0) is 28.0. The molecule has 1 amide bonds. The van der Waals surface area contributed by atoms with Gasteiger partial charge in [-0.2, -0.15) is 0 Å². The minimum absolute atomic E-state index is 0.0452. The molecule has 200 valence electrons. The fraction of sp³-hybridized carbons (Fsp3) is 0.364. The zero-order valence-electron chi connectivity index (χ0n) is 23.5. The Kier molecular flexibility index (Phi) is 9.62. The minimum atomic E-state index is -0.821. The van der Waals surface area contributed by atoms with Crippen molar-refractivity contribution in [2.75, 3.05) is 7.11 Å². The van der Waals surface area contributed by atoms with Crippen molar-refractivity contribution >= 4 is 17.7 Å². The molecule has 1 unspecified atom stereocenters. The van der Waals surface area contributed by atoms with Crippen molar-refractivity contribution in [3.05, 3.63) is 106 Å². The molecule has 3 aromatic rings. The number of hydrogen-bond acceptors (Lipinski definition) is 4. The molecule has 0 heterocycles. The summed E-state index contributed by atoms with van der Waals surface area (Å²) < 4.78 is 4.91. The van der Waals surface area contributed by atoms with E-state index >= 15 is 0 Å². The fourth-order valence-electron chi connectivity index (χ4n) is 4.56. The summed E-state index contributed by atoms with van der Waals surface area (Å²) >= 11 is 0. The van der Waals surface area contributed by atoms with Crippen LogP contribution in [0, 0.1) is 0 Å². The normalized spacial score (nSPS) is 12.1. The predicted molar refractivity (Wildman–Crippen MR) is 152 cm³/mol. The highest BCUT2D eigenvalue weighted by Crippen LogP contribution is 2.33. The molecule has 3 rings (SSSR count). The SMILES string of the molecule is COC(=O)C(Cc1ccccc1)NC(=O)c1ccc(C(=O)c2c(C(C)C)cc(C(C)C)cc2C(C)C)cc1. The number of methoxy groups -OCH3 is 1. The molecule has 3 aromatic carbocycles. The summed E-state index contributed by atoms with van der Waals surface area (Å²) in [7, 11) is 1.30. The quantitative estimate of drug-likeness (QED) is 0.239. The maximum atomic E-state index is 13.8. The van der Waals surface area contributed by atoms with Crippen LogP contribution in [0.25, 0.3) is 0 Å². The highest BCUT2D eigenvalue weighted by molar-refractivity contribution is 6.11. The Hall–Kier alpha value is -3.73. The van der Waals surface area contributed by atoms with Gasteiger partial charge < -0.3 is 10.1 Å². The molecule has 5 nitrogen and oxygen atoms in total. The van der Waals surface area contributed by atoms with Crippen molar-refractivity contribution in [3.63, 3.8) is 0 Å². The van der Waals surface area contributed by atoms with E-state index in [2.05, 4.69) is 59.0 Å². The Morgan fingerprint density at radius 1 is 0.737 bits per heavy atom. The lowest BCUT2D eigenvalue weighted by atomic mass is 9.81. The second-order valence-electron chi connectivity index (χ2n) is 10.7. The molecular formula is C33H39NO4. The first-order valence-corrected chi connectivity index (χ1v) is 13.3. The number of amides is 1. The topological polar surface area (TPSA) is 72.5 Å². The van der Waals surface area contributed by atoms with Crippen molar-refractivity contribution in [1.29, 1.82) is 0 Å². The number of esters is 1. The van der Waals surface area contributed by atoms with Crippen LogP contribution in [0.15, 0.2) is 66.7 Å². The molecule has 5 heteroatoms. The molecule has 0 saturated carbocycles. The van der Waals surface area contributed by atoms with Crippen LogP contribution in [-0.4, -0.2) is 30.8 Å². The lowest BCUT2D eigenvalue weighted by Crippen LogP contribution is -2.43. The number of carbonyl (C=O) groups excluding carboxylic acids is 3. The van der Waals surface area contributed by atoms with Gasteiger partial charge in [0.1, 0.15) is 6.04 Å². The molecule has 0 aliphatic rings. The van der Waals surface area contributed by atoms with Gasteiger partial charge in [0.2, 0.25) is 0 Å². The number of hydrogen-bond donors (Lipinski definition) is 1. The zero-order valence-corrected chi connectivity index (χ0v) is 23.5. The summed E-state index contributed by atoms with van der Waals surface area (Å²) in [5.74, 6) is -0.215. The van der Waals surface area contributed by atoms with Crippen molar-refractivity contribution in [2.24, 2.45) is 0 Å². The largest absolute Gasteiger partial charge is 0.467 e. The van der Waals surface area contributed by atoms with E-state index < -0.39 is 17.9 Å². The summed E-state index contributed by atoms with van der Waals surface area (Å²) in [5.41, 5.74) is 5.89. The van der Waals surface area contributed by atoms with Crippen LogP contribution in [0.2, 0.25) is 0 Å². The van der Waals surface area contributed by atoms with Gasteiger partial charge >= 0.3 is 5.97 Å². The maximum absolute atomic E-state index is 13.8. The second kappa shape index (κ2) is 12.7. The second-order valence-corrected chi connectivity index (χ2v) is 10.7. The van der Waals surface area contributed by atoms with Gasteiger partial charge in [0.25, 0.3) is 5.91 Å². The van der Waals surface area contributed by atoms with Crippen molar-refractivity contribution in [1.82, 2.24) is 5.32 Å². The third kappa shape index (κ3) is 6.77. The minimum Gasteiger partial charge on any atom is -0.467 e. The average Bonchev–Trinajstić information content (AvgIpc) is 2.91. The number of ether oxygens (including phenoxy) is 1. The molecule has 1 N–H and O–H groups in total. The van der Waals surface area contributed by atoms with Gasteiger partial charge in [0.15, 0.2) is 5.78 Å². The van der Waals surface area contributed by atoms with Gasteiger partial charge in [-0.05, 0) is 52.1 Å². The van der Waals surface area contributed by atoms with Crippen molar-refractivity contribution in [2.45, 2.75) is 71.8 Å². The summed E-state index contributed by atoms with van der Waals surface area (Å²) in [6.45, 7) is 12.8. The fourth-order valence-corrected chi connectivity index (χ4v) is 4.56. The average molecular weight is 514 g/mol. The molecule has 0 aliphatic heterocycles. The number of ketones is 1. The predicted octanol–water partition coefficient (Wildman–Crippen LogP) is 6.80. The first-order chi connectivity index (χ1) is 18.0. The van der Waals surface area contributed by atoms with Gasteiger partial charge in [0.05, 0.1) is 7.11 Å². The van der Waals surface area contributed by atoms with E-state index in [0.29, 0.717) is 23.5 Å². The van der Waals surface area contributed by atoms with Crippen LogP contribution in [-0.2, 0) is 16.0 Å². The van der Waals surface area contributed by atoms with Crippen LogP contribution in [0.4, 0.5) is 0 Å². The van der Waals surface area contributed by atoms with E-state index in [9.17, 15) is 14.4 Å². The lowest BCUT2D eigenvalue weighted by Gasteiger charge is -2.22. The molecule has 0 spiro atoms. The molecule has 0 aromatic heterocycles. The molecular weight excluding hydrogens is 474 g/mol. The van der Waals surface area contributed by atoms with Crippen LogP contribution in [0.1, 0.15) is 108 Å². The van der Waals surface area contributed by atoms with Gasteiger partial charge in [-0.15, -0.1) is 0 Å². The van der Waals surface area contributed by atoms with Crippen LogP contribution < -0.4 is 5.32 Å². The highest BCUT2D eigenvalue weighted by atomic mass is 16.5. The molecule has 0 saturated heterocycles. The van der Waals surface area contributed by atoms with E-state index in [-0.39, 0.29) is 17.6 Å². The number of benzene rings is 3. The Labute approximate surface area is 226 Å². The molecule has 0 fully saturated rings. The first-order valence-electron chi connectivity index (χ1n) is 13.3. The van der Waals surface area contributed by atoms with Gasteiger partial charge in [-0.1, -0.05) is 96.1 Å². The summed E-state index contributed by atoms with van der Waals surface area (Å²) in [6, 6.07) is 19.6. The van der Waals surface area contributed by atoms with E-state index in [0.717, 1.165) is 22.3 Å². The Balaban J connectivity index is 1.88. The Morgan fingerprint density at radius 2 is 1.26 bits per heavy atom. The van der Waals surface area contributed by atoms with E-state index in [4.69, 9.17) is 4.74 Å². The van der Waals surface area contributed by atoms with E-state index in [1.807, 2.05) is 30.3 Å². The van der Waals surface area contributed by atoms with Gasteiger partial charge in [-0.25, -0.2) is 4.79 Å². The molecule has 0 bridgehead atoms. The van der Waals surface area contributed by atoms with E-state index in [1.165, 1.54) is 12.7 Å². The lowest BCUT2D eigenvalue weighted by molar-refractivity contribution is -0.142. The molecule has 0 aliphatic carbocycles. The standard InChI is InChI=1S/C33H39NO4/c1-20(2)26-18-27(21(3)4)30(28(19-26)22(5)6)31(35)24-13-15-25(16-14-24)32(36)34-29(33(37)38-7)17-23-11-9-8-10-12-23/h8-16,18-22,29H,17H2,1-7H3,(H,34,36). The third-order valence-electron chi connectivity index (χ3n) is 6.84. The maximum Gasteiger partial charge on any atom is 0.328 e. The Bertz CT molecular complexity index is 1250. The first kappa shape index (κ1) is 28.8. The molecule has 1 atom stereocenters. The van der Waals surface area contributed by atoms with Gasteiger partial charge in [-0.3, -0.25) is 9.59 Å². The van der Waals surface area contributed by atoms with Crippen LogP contribution in [0.3, 0.4) is 0 Å². The summed E-state index contributed by atoms with van der Waals surface area (Å²) in [4.78, 5) is 39.1. The number of rotatable bonds is 10. The van der Waals surface area contributed by atoms with E-state index in [1.54, 1.807) is 24.3 Å². The van der Waals surface area contributed by atoms with Crippen molar-refractivity contribution < 1.29 is 19.1 Å². The number of carbonyl (C=O) groups is 3. The molecule has 0 radical (unpaired) electrons. The Morgan fingerprint density at radius 3 is 1.74 bits per heavy atom. The van der Waals surface area contributed by atoms with Crippen LogP contribution in [0.5, 0.6) is 0 Å². The summed E-state index contributed by atoms with van der Waals surface area (Å²) in [6.07, 6.45) is 0.318. The highest BCUT2D eigenvalue weighted by Gasteiger charge is 2.25. The smallest absolute Gasteiger partial charge is 0.328 e. The number of nitrogens with one attached hydrogen (secondary N) is 1. The van der Waals surface area contributed by atoms with Crippen LogP contribution >= 0.6 is 0 Å². The van der Waals surface area contributed by atoms with Crippen molar-refractivity contribution in [3.8, 4) is 0 Å².